The number of hydrogen-bond acceptors (Lipinski definition) is 8. The number of benzene rings is 1. The largest absolute Gasteiger partial charge is 0.465 e. The van der Waals surface area contributed by atoms with Crippen LogP contribution < -0.4 is 0 Å². The minimum absolute atomic E-state index is 0.163. The van der Waals surface area contributed by atoms with Crippen LogP contribution in [0.15, 0.2) is 48.6 Å². The zero-order valence-corrected chi connectivity index (χ0v) is 23.6. The number of carbonyl (C=O) groups is 3. The van der Waals surface area contributed by atoms with E-state index in [4.69, 9.17) is 4.74 Å². The van der Waals surface area contributed by atoms with Gasteiger partial charge in [0.2, 0.25) is 11.8 Å². The Morgan fingerprint density at radius 3 is 2.80 bits per heavy atom. The molecule has 40 heavy (non-hydrogen) atoms. The zero-order chi connectivity index (χ0) is 28.0. The number of aromatic nitrogens is 3. The van der Waals surface area contributed by atoms with Crippen LogP contribution >= 0.6 is 11.8 Å². The van der Waals surface area contributed by atoms with E-state index in [9.17, 15) is 19.5 Å². The highest BCUT2D eigenvalue weighted by Crippen LogP contribution is 2.61. The Morgan fingerprint density at radius 2 is 2.00 bits per heavy atom. The van der Waals surface area contributed by atoms with Crippen molar-refractivity contribution in [2.75, 3.05) is 19.8 Å². The Balaban J connectivity index is 1.43. The van der Waals surface area contributed by atoms with E-state index in [-0.39, 0.29) is 42.2 Å². The van der Waals surface area contributed by atoms with E-state index < -0.39 is 28.7 Å². The molecule has 2 saturated heterocycles. The van der Waals surface area contributed by atoms with Crippen molar-refractivity contribution in [3.05, 3.63) is 48.6 Å². The Kier molecular flexibility index (Phi) is 7.20. The summed E-state index contributed by atoms with van der Waals surface area (Å²) in [6.07, 6.45) is 10.0. The molecule has 2 aromatic rings. The zero-order valence-electron chi connectivity index (χ0n) is 22.8. The molecular weight excluding hydrogens is 530 g/mol. The fourth-order valence-electron chi connectivity index (χ4n) is 6.76. The van der Waals surface area contributed by atoms with Crippen LogP contribution in [0.5, 0.6) is 0 Å². The summed E-state index contributed by atoms with van der Waals surface area (Å²) in [5.41, 5.74) is 1.54. The summed E-state index contributed by atoms with van der Waals surface area (Å²) in [5.74, 6) is -2.16. The molecule has 2 fully saturated rings. The summed E-state index contributed by atoms with van der Waals surface area (Å²) in [4.78, 5) is 45.7. The topological polar surface area (TPSA) is 118 Å². The normalized spacial score (nSPS) is 31.8. The number of ether oxygens (including phenoxy) is 1. The first-order valence-electron chi connectivity index (χ1n) is 14.0. The van der Waals surface area contributed by atoms with E-state index in [2.05, 4.69) is 16.4 Å². The number of fused-ring (bicyclic) bond motifs is 3. The molecule has 5 heterocycles. The molecule has 4 aliphatic rings. The highest BCUT2D eigenvalue weighted by molar-refractivity contribution is 8.02. The monoisotopic (exact) mass is 565 g/mol. The maximum atomic E-state index is 14.6. The highest BCUT2D eigenvalue weighted by atomic mass is 32.2. The Labute approximate surface area is 237 Å². The molecule has 212 valence electrons. The number of nitrogens with zero attached hydrogens (tertiary/aromatic N) is 5. The van der Waals surface area contributed by atoms with E-state index in [1.165, 1.54) is 11.8 Å². The van der Waals surface area contributed by atoms with Gasteiger partial charge in [-0.25, -0.2) is 4.68 Å². The summed E-state index contributed by atoms with van der Waals surface area (Å²) in [6, 6.07) is 6.14. The lowest BCUT2D eigenvalue weighted by Crippen LogP contribution is -2.56. The third kappa shape index (κ3) is 4.34. The molecule has 4 aliphatic heterocycles. The minimum atomic E-state index is -0.963. The van der Waals surface area contributed by atoms with Crippen LogP contribution in [-0.2, 0) is 25.8 Å². The van der Waals surface area contributed by atoms with Crippen molar-refractivity contribution >= 4 is 40.6 Å². The van der Waals surface area contributed by atoms with Gasteiger partial charge in [0.05, 0.1) is 41.4 Å². The van der Waals surface area contributed by atoms with E-state index in [0.717, 1.165) is 23.9 Å². The van der Waals surface area contributed by atoms with Gasteiger partial charge in [0.15, 0.2) is 0 Å². The highest BCUT2D eigenvalue weighted by Gasteiger charge is 2.71. The molecule has 1 unspecified atom stereocenters. The van der Waals surface area contributed by atoms with Crippen molar-refractivity contribution in [3.8, 4) is 0 Å². The second-order valence-corrected chi connectivity index (χ2v) is 13.0. The van der Waals surface area contributed by atoms with E-state index in [1.807, 2.05) is 56.3 Å². The molecule has 2 amide bonds. The molecule has 1 aromatic carbocycles. The van der Waals surface area contributed by atoms with Gasteiger partial charge in [0, 0.05) is 11.8 Å². The Morgan fingerprint density at radius 1 is 1.18 bits per heavy atom. The molecule has 6 rings (SSSR count). The molecule has 0 aliphatic carbocycles. The number of aliphatic hydroxyl groups is 1. The van der Waals surface area contributed by atoms with Gasteiger partial charge >= 0.3 is 5.97 Å². The summed E-state index contributed by atoms with van der Waals surface area (Å²) in [7, 11) is 0. The van der Waals surface area contributed by atoms with Crippen LogP contribution in [0.4, 0.5) is 0 Å². The molecule has 1 aromatic heterocycles. The minimum Gasteiger partial charge on any atom is -0.465 e. The predicted molar refractivity (Wildman–Crippen MR) is 150 cm³/mol. The second kappa shape index (κ2) is 10.7. The number of carbonyl (C=O) groups excluding carboxylic acids is 3. The number of likely N-dealkylation sites (tertiary alicyclic amines) is 1. The number of allylic oxidation sites excluding steroid dienone is 1. The first-order chi connectivity index (χ1) is 19.4. The standard InChI is InChI=1S/C29H35N5O5S/c1-18(2)15-19(16-35)34-25-27(37)32(17-33-21-10-6-5-9-20(21)30-31-33)13-8-12-29(25)24(26(34)36)23-22(40-29)11-4-3-7-14-39-28(23)38/h4-6,8-12,18-19,22-25,35H,3,7,13-17H2,1-2H3/b11-4-/t19-,22-,23+,24+,25?,29+/m1/s1. The molecular formula is C29H35N5O5S. The number of aliphatic hydroxyl groups excluding tert-OH is 1. The van der Waals surface area contributed by atoms with Crippen molar-refractivity contribution in [1.29, 1.82) is 0 Å². The second-order valence-electron chi connectivity index (χ2n) is 11.5. The van der Waals surface area contributed by atoms with Gasteiger partial charge in [0.25, 0.3) is 0 Å². The molecule has 1 N–H and O–H groups in total. The van der Waals surface area contributed by atoms with Gasteiger partial charge in [-0.3, -0.25) is 14.4 Å². The number of cyclic esters (lactones) is 1. The van der Waals surface area contributed by atoms with Gasteiger partial charge in [-0.1, -0.05) is 55.5 Å². The smallest absolute Gasteiger partial charge is 0.311 e. The molecule has 0 saturated carbocycles. The van der Waals surface area contributed by atoms with Crippen LogP contribution in [0.3, 0.4) is 0 Å². The lowest BCUT2D eigenvalue weighted by molar-refractivity contribution is -0.153. The summed E-state index contributed by atoms with van der Waals surface area (Å²) in [5, 5.41) is 18.7. The first-order valence-corrected chi connectivity index (χ1v) is 14.9. The number of rotatable bonds is 6. The summed E-state index contributed by atoms with van der Waals surface area (Å²) < 4.78 is 6.36. The van der Waals surface area contributed by atoms with E-state index in [1.54, 1.807) is 14.5 Å². The molecule has 0 radical (unpaired) electrons. The number of para-hydroxylation sites is 1. The predicted octanol–water partition coefficient (Wildman–Crippen LogP) is 2.38. The third-order valence-corrected chi connectivity index (χ3v) is 10.2. The van der Waals surface area contributed by atoms with Gasteiger partial charge in [-0.2, -0.15) is 0 Å². The molecule has 6 atom stereocenters. The Bertz CT molecular complexity index is 1370. The third-order valence-electron chi connectivity index (χ3n) is 8.45. The Hall–Kier alpha value is -3.18. The number of hydrogen-bond donors (Lipinski definition) is 1. The van der Waals surface area contributed by atoms with Crippen LogP contribution in [0, 0.1) is 17.8 Å². The van der Waals surface area contributed by atoms with Gasteiger partial charge in [0.1, 0.15) is 18.2 Å². The SMILES string of the molecule is CC(C)C[C@H](CO)N1C(=O)[C@@H]2[C@H]3C(=O)OCCC/C=C\[C@H]3S[C@@]23C=CCN(Cn2nnc4ccccc42)C(=O)C13. The van der Waals surface area contributed by atoms with Crippen LogP contribution in [0.2, 0.25) is 0 Å². The summed E-state index contributed by atoms with van der Waals surface area (Å²) in [6.45, 7) is 4.58. The van der Waals surface area contributed by atoms with Crippen molar-refractivity contribution in [2.45, 2.75) is 61.9 Å². The number of esters is 1. The first kappa shape index (κ1) is 27.0. The maximum absolute atomic E-state index is 14.6. The van der Waals surface area contributed by atoms with Crippen molar-refractivity contribution in [2.24, 2.45) is 17.8 Å². The van der Waals surface area contributed by atoms with Crippen molar-refractivity contribution < 1.29 is 24.2 Å². The van der Waals surface area contributed by atoms with Gasteiger partial charge < -0.3 is 19.6 Å². The molecule has 0 bridgehead atoms. The quantitative estimate of drug-likeness (QED) is 0.419. The van der Waals surface area contributed by atoms with E-state index >= 15 is 0 Å². The molecule has 11 heteroatoms. The average molecular weight is 566 g/mol. The summed E-state index contributed by atoms with van der Waals surface area (Å²) >= 11 is 1.52. The van der Waals surface area contributed by atoms with Crippen molar-refractivity contribution in [1.82, 2.24) is 24.8 Å². The lowest BCUT2D eigenvalue weighted by Gasteiger charge is -2.39. The fraction of sp³-hybridized carbons (Fsp3) is 0.552. The maximum Gasteiger partial charge on any atom is 0.311 e. The van der Waals surface area contributed by atoms with Crippen molar-refractivity contribution in [3.63, 3.8) is 0 Å². The lowest BCUT2D eigenvalue weighted by atomic mass is 9.78. The van der Waals surface area contributed by atoms with Gasteiger partial charge in [-0.15, -0.1) is 16.9 Å². The molecule has 1 spiro atoms. The molecule has 10 nitrogen and oxygen atoms in total. The fourth-order valence-corrected chi connectivity index (χ4v) is 8.75. The van der Waals surface area contributed by atoms with Gasteiger partial charge in [-0.05, 0) is 37.3 Å². The van der Waals surface area contributed by atoms with Crippen LogP contribution in [0.25, 0.3) is 11.0 Å². The average Bonchev–Trinajstić information content (AvgIpc) is 3.54. The number of amides is 2. The van der Waals surface area contributed by atoms with Crippen LogP contribution in [0.1, 0.15) is 33.1 Å². The number of thioether (sulfide) groups is 1. The van der Waals surface area contributed by atoms with E-state index in [0.29, 0.717) is 19.6 Å². The van der Waals surface area contributed by atoms with Crippen LogP contribution in [-0.4, -0.2) is 89.5 Å².